The Bertz CT molecular complexity index is 563. The predicted octanol–water partition coefficient (Wildman–Crippen LogP) is 2.68. The molecule has 0 fully saturated rings. The second-order valence-corrected chi connectivity index (χ2v) is 5.55. The highest BCUT2D eigenvalue weighted by atomic mass is 32.1. The fourth-order valence-corrected chi connectivity index (χ4v) is 2.43. The van der Waals surface area contributed by atoms with Crippen molar-refractivity contribution in [1.29, 1.82) is 0 Å². The molecular weight excluding hydrogens is 260 g/mol. The molecule has 0 aliphatic heterocycles. The summed E-state index contributed by atoms with van der Waals surface area (Å²) in [7, 11) is 0. The predicted molar refractivity (Wildman–Crippen MR) is 76.2 cm³/mol. The molecular formula is C14H16N2O2S. The van der Waals surface area contributed by atoms with Gasteiger partial charge in [-0.3, -0.25) is 10.1 Å². The third kappa shape index (κ3) is 3.62. The smallest absolute Gasteiger partial charge is 0.320 e. The molecule has 0 saturated heterocycles. The third-order valence-electron chi connectivity index (χ3n) is 2.80. The van der Waals surface area contributed by atoms with Crippen LogP contribution in [-0.2, 0) is 11.3 Å². The molecule has 2 N–H and O–H groups in total. The van der Waals surface area contributed by atoms with Crippen molar-refractivity contribution >= 4 is 17.3 Å². The maximum Gasteiger partial charge on any atom is 0.320 e. The number of carbonyl (C=O) groups is 1. The molecule has 0 amide bonds. The highest BCUT2D eigenvalue weighted by Crippen LogP contribution is 2.25. The first kappa shape index (κ1) is 13.7. The van der Waals surface area contributed by atoms with E-state index in [1.807, 2.05) is 19.1 Å². The minimum absolute atomic E-state index is 0.525. The summed E-state index contributed by atoms with van der Waals surface area (Å²) < 4.78 is 0. The van der Waals surface area contributed by atoms with E-state index in [2.05, 4.69) is 22.4 Å². The lowest BCUT2D eigenvalue weighted by molar-refractivity contribution is -0.139. The molecule has 0 saturated carbocycles. The van der Waals surface area contributed by atoms with Crippen molar-refractivity contribution in [2.24, 2.45) is 0 Å². The standard InChI is InChI=1S/C14H16N2O2S/c1-9-3-5-11(6-4-9)13-16-8-12(19-13)7-15-10(2)14(17)18/h3-6,8,10,15H,7H2,1-2H3,(H,17,18). The van der Waals surface area contributed by atoms with Gasteiger partial charge in [-0.1, -0.05) is 29.8 Å². The van der Waals surface area contributed by atoms with Gasteiger partial charge in [-0.15, -0.1) is 11.3 Å². The van der Waals surface area contributed by atoms with Crippen LogP contribution in [-0.4, -0.2) is 22.1 Å². The molecule has 0 aliphatic rings. The summed E-state index contributed by atoms with van der Waals surface area (Å²) >= 11 is 1.58. The Balaban J connectivity index is 2.03. The van der Waals surface area contributed by atoms with Crippen molar-refractivity contribution in [1.82, 2.24) is 10.3 Å². The molecule has 2 aromatic rings. The van der Waals surface area contributed by atoms with Crippen LogP contribution in [0.3, 0.4) is 0 Å². The molecule has 1 aromatic carbocycles. The van der Waals surface area contributed by atoms with E-state index in [4.69, 9.17) is 5.11 Å². The van der Waals surface area contributed by atoms with E-state index in [1.165, 1.54) is 5.56 Å². The van der Waals surface area contributed by atoms with Crippen LogP contribution in [0.25, 0.3) is 10.6 Å². The molecule has 0 radical (unpaired) electrons. The van der Waals surface area contributed by atoms with Crippen LogP contribution in [0.1, 0.15) is 17.4 Å². The van der Waals surface area contributed by atoms with Crippen LogP contribution < -0.4 is 5.32 Å². The topological polar surface area (TPSA) is 62.2 Å². The Hall–Kier alpha value is -1.72. The monoisotopic (exact) mass is 276 g/mol. The van der Waals surface area contributed by atoms with E-state index in [1.54, 1.807) is 24.5 Å². The van der Waals surface area contributed by atoms with Crippen LogP contribution in [0.15, 0.2) is 30.5 Å². The number of thiazole rings is 1. The van der Waals surface area contributed by atoms with Crippen molar-refractivity contribution in [2.75, 3.05) is 0 Å². The second kappa shape index (κ2) is 5.95. The first-order valence-corrected chi connectivity index (χ1v) is 6.86. The van der Waals surface area contributed by atoms with Crippen molar-refractivity contribution in [2.45, 2.75) is 26.4 Å². The molecule has 100 valence electrons. The van der Waals surface area contributed by atoms with Gasteiger partial charge in [0.05, 0.1) is 0 Å². The average Bonchev–Trinajstić information content (AvgIpc) is 2.85. The third-order valence-corrected chi connectivity index (χ3v) is 3.85. The molecule has 1 heterocycles. The van der Waals surface area contributed by atoms with Gasteiger partial charge in [-0.05, 0) is 13.8 Å². The van der Waals surface area contributed by atoms with Crippen LogP contribution in [0.2, 0.25) is 0 Å². The SMILES string of the molecule is Cc1ccc(-c2ncc(CNC(C)C(=O)O)s2)cc1. The number of carboxylic acids is 1. The van der Waals surface area contributed by atoms with E-state index in [-0.39, 0.29) is 0 Å². The minimum Gasteiger partial charge on any atom is -0.480 e. The van der Waals surface area contributed by atoms with Crippen LogP contribution in [0.4, 0.5) is 0 Å². The van der Waals surface area contributed by atoms with Crippen molar-refractivity contribution in [3.63, 3.8) is 0 Å². The maximum absolute atomic E-state index is 10.7. The zero-order chi connectivity index (χ0) is 13.8. The van der Waals surface area contributed by atoms with Gasteiger partial charge in [-0.25, -0.2) is 4.98 Å². The number of aromatic nitrogens is 1. The Morgan fingerprint density at radius 3 is 2.74 bits per heavy atom. The van der Waals surface area contributed by atoms with E-state index in [0.717, 1.165) is 15.4 Å². The summed E-state index contributed by atoms with van der Waals surface area (Å²) in [5.41, 5.74) is 2.31. The Kier molecular flexibility index (Phi) is 4.29. The van der Waals surface area contributed by atoms with Gasteiger partial charge in [0.1, 0.15) is 11.0 Å². The fraction of sp³-hybridized carbons (Fsp3) is 0.286. The van der Waals surface area contributed by atoms with E-state index < -0.39 is 12.0 Å². The number of nitrogens with one attached hydrogen (secondary N) is 1. The van der Waals surface area contributed by atoms with Gasteiger partial charge >= 0.3 is 5.97 Å². The van der Waals surface area contributed by atoms with Gasteiger partial charge in [0.2, 0.25) is 0 Å². The first-order chi connectivity index (χ1) is 9.06. The van der Waals surface area contributed by atoms with Crippen LogP contribution in [0.5, 0.6) is 0 Å². The number of aryl methyl sites for hydroxylation is 1. The average molecular weight is 276 g/mol. The first-order valence-electron chi connectivity index (χ1n) is 6.04. The second-order valence-electron chi connectivity index (χ2n) is 4.44. The number of carboxylic acid groups (broad SMARTS) is 1. The molecule has 0 spiro atoms. The van der Waals surface area contributed by atoms with Gasteiger partial charge < -0.3 is 5.11 Å². The van der Waals surface area contributed by atoms with E-state index in [0.29, 0.717) is 6.54 Å². The quantitative estimate of drug-likeness (QED) is 0.881. The van der Waals surface area contributed by atoms with Crippen LogP contribution in [0, 0.1) is 6.92 Å². The lowest BCUT2D eigenvalue weighted by Gasteiger charge is -2.06. The lowest BCUT2D eigenvalue weighted by Crippen LogP contribution is -2.32. The lowest BCUT2D eigenvalue weighted by atomic mass is 10.2. The fourth-order valence-electron chi connectivity index (χ4n) is 1.56. The highest BCUT2D eigenvalue weighted by Gasteiger charge is 2.11. The number of hydrogen-bond acceptors (Lipinski definition) is 4. The van der Waals surface area contributed by atoms with Gasteiger partial charge in [-0.2, -0.15) is 0 Å². The number of nitrogens with zero attached hydrogens (tertiary/aromatic N) is 1. The summed E-state index contributed by atoms with van der Waals surface area (Å²) in [6.07, 6.45) is 1.79. The molecule has 1 aromatic heterocycles. The van der Waals surface area contributed by atoms with Crippen molar-refractivity contribution < 1.29 is 9.90 Å². The van der Waals surface area contributed by atoms with E-state index in [9.17, 15) is 4.79 Å². The Labute approximate surface area is 116 Å². The van der Waals surface area contributed by atoms with Crippen molar-refractivity contribution in [3.8, 4) is 10.6 Å². The molecule has 1 atom stereocenters. The number of benzene rings is 1. The number of rotatable bonds is 5. The highest BCUT2D eigenvalue weighted by molar-refractivity contribution is 7.15. The molecule has 1 unspecified atom stereocenters. The summed E-state index contributed by atoms with van der Waals surface area (Å²) in [5.74, 6) is -0.844. The molecule has 5 heteroatoms. The molecule has 0 bridgehead atoms. The normalized spacial score (nSPS) is 12.3. The Morgan fingerprint density at radius 1 is 1.42 bits per heavy atom. The van der Waals surface area contributed by atoms with E-state index >= 15 is 0 Å². The molecule has 4 nitrogen and oxygen atoms in total. The Morgan fingerprint density at radius 2 is 2.11 bits per heavy atom. The minimum atomic E-state index is -0.844. The largest absolute Gasteiger partial charge is 0.480 e. The number of aliphatic carboxylic acids is 1. The zero-order valence-electron chi connectivity index (χ0n) is 10.9. The number of hydrogen-bond donors (Lipinski definition) is 2. The van der Waals surface area contributed by atoms with Gasteiger partial charge in [0.15, 0.2) is 0 Å². The molecule has 0 aliphatic carbocycles. The van der Waals surface area contributed by atoms with Crippen LogP contribution >= 0.6 is 11.3 Å². The van der Waals surface area contributed by atoms with Gasteiger partial charge in [0, 0.05) is 23.2 Å². The van der Waals surface area contributed by atoms with Crippen molar-refractivity contribution in [3.05, 3.63) is 40.9 Å². The molecule has 2 rings (SSSR count). The summed E-state index contributed by atoms with van der Waals surface area (Å²) in [6.45, 7) is 4.20. The van der Waals surface area contributed by atoms with Gasteiger partial charge in [0.25, 0.3) is 0 Å². The summed E-state index contributed by atoms with van der Waals surface area (Å²) in [4.78, 5) is 16.1. The maximum atomic E-state index is 10.7. The summed E-state index contributed by atoms with van der Waals surface area (Å²) in [6, 6.07) is 7.66. The summed E-state index contributed by atoms with van der Waals surface area (Å²) in [5, 5.41) is 12.7. The molecule has 19 heavy (non-hydrogen) atoms. The zero-order valence-corrected chi connectivity index (χ0v) is 11.7.